The summed E-state index contributed by atoms with van der Waals surface area (Å²) in [7, 11) is 0. The molecule has 0 saturated carbocycles. The summed E-state index contributed by atoms with van der Waals surface area (Å²) >= 11 is 0. The van der Waals surface area contributed by atoms with Crippen LogP contribution in [0.4, 0.5) is 0 Å². The Morgan fingerprint density at radius 1 is 1.35 bits per heavy atom. The molecule has 0 saturated heterocycles. The highest BCUT2D eigenvalue weighted by Gasteiger charge is 2.24. The third-order valence-electron chi connectivity index (χ3n) is 3.89. The van der Waals surface area contributed by atoms with Gasteiger partial charge in [0.25, 0.3) is 0 Å². The van der Waals surface area contributed by atoms with E-state index in [-0.39, 0.29) is 5.78 Å². The molecule has 104 valence electrons. The Kier molecular flexibility index (Phi) is 3.63. The van der Waals surface area contributed by atoms with Crippen molar-refractivity contribution in [2.24, 2.45) is 0 Å². The molecule has 1 aromatic heterocycles. The summed E-state index contributed by atoms with van der Waals surface area (Å²) < 4.78 is 5.24. The van der Waals surface area contributed by atoms with E-state index in [9.17, 15) is 4.79 Å². The van der Waals surface area contributed by atoms with E-state index in [1.807, 2.05) is 0 Å². The Bertz CT molecular complexity index is 618. The summed E-state index contributed by atoms with van der Waals surface area (Å²) in [4.78, 5) is 15.4. The van der Waals surface area contributed by atoms with Gasteiger partial charge in [0.15, 0.2) is 5.82 Å². The third-order valence-corrected chi connectivity index (χ3v) is 3.89. The van der Waals surface area contributed by atoms with E-state index in [1.54, 1.807) is 6.92 Å². The molecule has 0 bridgehead atoms. The van der Waals surface area contributed by atoms with Gasteiger partial charge >= 0.3 is 0 Å². The molecule has 0 radical (unpaired) electrons. The second kappa shape index (κ2) is 5.57. The van der Waals surface area contributed by atoms with Gasteiger partial charge in [-0.25, -0.2) is 0 Å². The molecule has 4 heteroatoms. The molecule has 0 N–H and O–H groups in total. The van der Waals surface area contributed by atoms with Gasteiger partial charge in [-0.2, -0.15) is 4.98 Å². The van der Waals surface area contributed by atoms with Crippen LogP contribution in [0.25, 0.3) is 0 Å². The fourth-order valence-corrected chi connectivity index (χ4v) is 2.74. The van der Waals surface area contributed by atoms with Gasteiger partial charge in [-0.3, -0.25) is 0 Å². The summed E-state index contributed by atoms with van der Waals surface area (Å²) in [6, 6.07) is 8.54. The molecule has 1 atom stereocenters. The minimum absolute atomic E-state index is 0.149. The number of carbonyl (C=O) groups excluding carboxylic acids is 1. The first-order valence-electron chi connectivity index (χ1n) is 7.11. The lowest BCUT2D eigenvalue weighted by atomic mass is 9.83. The Morgan fingerprint density at radius 2 is 2.15 bits per heavy atom. The molecule has 1 unspecified atom stereocenters. The van der Waals surface area contributed by atoms with E-state index < -0.39 is 0 Å². The fourth-order valence-electron chi connectivity index (χ4n) is 2.74. The molecule has 0 aliphatic heterocycles. The fraction of sp³-hybridized carbons (Fsp3) is 0.438. The maximum Gasteiger partial charge on any atom is 0.227 e. The highest BCUT2D eigenvalue weighted by molar-refractivity contribution is 5.75. The summed E-state index contributed by atoms with van der Waals surface area (Å²) in [6.45, 7) is 1.58. The zero-order valence-electron chi connectivity index (χ0n) is 11.6. The van der Waals surface area contributed by atoms with Crippen LogP contribution in [0.2, 0.25) is 0 Å². The first kappa shape index (κ1) is 13.0. The van der Waals surface area contributed by atoms with E-state index in [0.29, 0.717) is 24.7 Å². The number of nitrogens with zero attached hydrogens (tertiary/aromatic N) is 2. The predicted molar refractivity (Wildman–Crippen MR) is 74.5 cm³/mol. The number of aryl methyl sites for hydroxylation is 2. The number of fused-ring (bicyclic) bond motifs is 1. The van der Waals surface area contributed by atoms with Crippen molar-refractivity contribution in [2.45, 2.75) is 44.9 Å². The quantitative estimate of drug-likeness (QED) is 0.857. The van der Waals surface area contributed by atoms with Gasteiger partial charge in [0.05, 0.1) is 0 Å². The molecule has 1 aliphatic carbocycles. The number of aromatic nitrogens is 2. The largest absolute Gasteiger partial charge is 0.339 e. The maximum atomic E-state index is 11.0. The third kappa shape index (κ3) is 2.79. The molecule has 4 nitrogen and oxygen atoms in total. The number of hydrogen-bond acceptors (Lipinski definition) is 4. The van der Waals surface area contributed by atoms with Crippen molar-refractivity contribution in [1.82, 2.24) is 10.1 Å². The number of ketones is 1. The minimum Gasteiger partial charge on any atom is -0.339 e. The van der Waals surface area contributed by atoms with Crippen molar-refractivity contribution in [1.29, 1.82) is 0 Å². The molecule has 1 aliphatic rings. The van der Waals surface area contributed by atoms with Crippen molar-refractivity contribution in [2.75, 3.05) is 0 Å². The van der Waals surface area contributed by atoms with Crippen LogP contribution in [-0.4, -0.2) is 15.9 Å². The molecular formula is C16H18N2O2. The van der Waals surface area contributed by atoms with Crippen LogP contribution in [0, 0.1) is 0 Å². The van der Waals surface area contributed by atoms with Crippen molar-refractivity contribution >= 4 is 5.78 Å². The monoisotopic (exact) mass is 270 g/mol. The summed E-state index contributed by atoms with van der Waals surface area (Å²) in [5, 5.41) is 4.09. The SMILES string of the molecule is CC(=O)CCc1nc(C2CCc3ccccc3C2)no1. The van der Waals surface area contributed by atoms with Gasteiger partial charge in [-0.05, 0) is 37.3 Å². The maximum absolute atomic E-state index is 11.0. The molecule has 2 aromatic rings. The van der Waals surface area contributed by atoms with E-state index in [1.165, 1.54) is 11.1 Å². The minimum atomic E-state index is 0.149. The van der Waals surface area contributed by atoms with Gasteiger partial charge in [0.1, 0.15) is 5.78 Å². The predicted octanol–water partition coefficient (Wildman–Crippen LogP) is 2.86. The Labute approximate surface area is 118 Å². The normalized spacial score (nSPS) is 17.8. The van der Waals surface area contributed by atoms with Crippen LogP contribution >= 0.6 is 0 Å². The first-order chi connectivity index (χ1) is 9.72. The van der Waals surface area contributed by atoms with Crippen molar-refractivity contribution in [3.05, 3.63) is 47.1 Å². The first-order valence-corrected chi connectivity index (χ1v) is 7.11. The molecular weight excluding hydrogens is 252 g/mol. The van der Waals surface area contributed by atoms with Gasteiger partial charge < -0.3 is 9.32 Å². The average molecular weight is 270 g/mol. The molecule has 0 fully saturated rings. The average Bonchev–Trinajstić information content (AvgIpc) is 2.93. The smallest absolute Gasteiger partial charge is 0.227 e. The Balaban J connectivity index is 1.70. The van der Waals surface area contributed by atoms with E-state index in [2.05, 4.69) is 34.4 Å². The van der Waals surface area contributed by atoms with Crippen molar-refractivity contribution in [3.8, 4) is 0 Å². The van der Waals surface area contributed by atoms with Gasteiger partial charge in [-0.15, -0.1) is 0 Å². The van der Waals surface area contributed by atoms with Crippen molar-refractivity contribution in [3.63, 3.8) is 0 Å². The Hall–Kier alpha value is -1.97. The van der Waals surface area contributed by atoms with Crippen molar-refractivity contribution < 1.29 is 9.32 Å². The topological polar surface area (TPSA) is 56.0 Å². The van der Waals surface area contributed by atoms with Crippen LogP contribution in [-0.2, 0) is 24.1 Å². The molecule has 3 rings (SSSR count). The van der Waals surface area contributed by atoms with Crippen LogP contribution in [0.1, 0.15) is 48.5 Å². The van der Waals surface area contributed by atoms with Crippen LogP contribution in [0.15, 0.2) is 28.8 Å². The molecule has 1 heterocycles. The molecule has 0 amide bonds. The number of Topliss-reactive ketones (excluding diaryl/α,β-unsaturated/α-hetero) is 1. The number of hydrogen-bond donors (Lipinski definition) is 0. The molecule has 1 aromatic carbocycles. The van der Waals surface area contributed by atoms with E-state index in [4.69, 9.17) is 4.52 Å². The second-order valence-electron chi connectivity index (χ2n) is 5.46. The highest BCUT2D eigenvalue weighted by Crippen LogP contribution is 2.31. The van der Waals surface area contributed by atoms with Crippen LogP contribution < -0.4 is 0 Å². The van der Waals surface area contributed by atoms with Crippen LogP contribution in [0.3, 0.4) is 0 Å². The van der Waals surface area contributed by atoms with E-state index >= 15 is 0 Å². The van der Waals surface area contributed by atoms with Gasteiger partial charge in [0.2, 0.25) is 5.89 Å². The van der Waals surface area contributed by atoms with Crippen LogP contribution in [0.5, 0.6) is 0 Å². The lowest BCUT2D eigenvalue weighted by Gasteiger charge is -2.21. The summed E-state index contributed by atoms with van der Waals surface area (Å²) in [5.74, 6) is 1.85. The molecule has 20 heavy (non-hydrogen) atoms. The summed E-state index contributed by atoms with van der Waals surface area (Å²) in [6.07, 6.45) is 4.11. The van der Waals surface area contributed by atoms with Gasteiger partial charge in [0, 0.05) is 18.8 Å². The number of rotatable bonds is 4. The molecule has 0 spiro atoms. The lowest BCUT2D eigenvalue weighted by Crippen LogP contribution is -2.13. The highest BCUT2D eigenvalue weighted by atomic mass is 16.5. The standard InChI is InChI=1S/C16H18N2O2/c1-11(19)6-9-15-17-16(18-20-15)14-8-7-12-4-2-3-5-13(12)10-14/h2-5,14H,6-10H2,1H3. The number of benzene rings is 1. The second-order valence-corrected chi connectivity index (χ2v) is 5.46. The Morgan fingerprint density at radius 3 is 2.95 bits per heavy atom. The van der Waals surface area contributed by atoms with Gasteiger partial charge in [-0.1, -0.05) is 29.4 Å². The lowest BCUT2D eigenvalue weighted by molar-refractivity contribution is -0.117. The van der Waals surface area contributed by atoms with E-state index in [0.717, 1.165) is 25.1 Å². The zero-order valence-corrected chi connectivity index (χ0v) is 11.6. The summed E-state index contributed by atoms with van der Waals surface area (Å²) in [5.41, 5.74) is 2.82. The zero-order chi connectivity index (χ0) is 13.9. The number of carbonyl (C=O) groups is 1.